The molecule has 0 aliphatic heterocycles. The van der Waals surface area contributed by atoms with Gasteiger partial charge in [0.2, 0.25) is 6.04 Å². The highest BCUT2D eigenvalue weighted by Crippen LogP contribution is 2.28. The normalized spacial score (nSPS) is 38.5. The van der Waals surface area contributed by atoms with Crippen LogP contribution < -0.4 is 0 Å². The Labute approximate surface area is 74.8 Å². The van der Waals surface area contributed by atoms with Gasteiger partial charge in [0.05, 0.1) is 10.8 Å². The third-order valence-electron chi connectivity index (χ3n) is 1.96. The van der Waals surface area contributed by atoms with E-state index in [1.165, 1.54) is 0 Å². The van der Waals surface area contributed by atoms with Crippen LogP contribution in [0, 0.1) is 10.1 Å². The van der Waals surface area contributed by atoms with Crippen LogP contribution in [0.5, 0.6) is 0 Å². The summed E-state index contributed by atoms with van der Waals surface area (Å²) in [5.74, 6) is 0. The lowest BCUT2D eigenvalue weighted by Gasteiger charge is -2.23. The fraction of sp³-hybridized carbons (Fsp3) is 1.00. The quantitative estimate of drug-likeness (QED) is 0.367. The molecule has 0 aromatic carbocycles. The van der Waals surface area contributed by atoms with E-state index in [4.69, 9.17) is 23.2 Å². The standard InChI is InChI=1S/C6H9Cl2NO2/c7-5-2-1-4(9(10)11)3-6(5)8/h4-6H,1-3H2. The number of nitrogens with zero attached hydrogens (tertiary/aromatic N) is 1. The Morgan fingerprint density at radius 1 is 1.27 bits per heavy atom. The number of rotatable bonds is 1. The van der Waals surface area contributed by atoms with E-state index < -0.39 is 6.04 Å². The molecule has 3 unspecified atom stereocenters. The Morgan fingerprint density at radius 2 is 1.91 bits per heavy atom. The van der Waals surface area contributed by atoms with Crippen LogP contribution >= 0.6 is 23.2 Å². The molecule has 1 aliphatic carbocycles. The van der Waals surface area contributed by atoms with Gasteiger partial charge in [0.15, 0.2) is 0 Å². The zero-order chi connectivity index (χ0) is 8.43. The summed E-state index contributed by atoms with van der Waals surface area (Å²) in [6.45, 7) is 0. The minimum Gasteiger partial charge on any atom is -0.264 e. The molecule has 0 N–H and O–H groups in total. The molecule has 3 nitrogen and oxygen atoms in total. The molecular formula is C6H9Cl2NO2. The van der Waals surface area contributed by atoms with Crippen LogP contribution in [0.25, 0.3) is 0 Å². The fourth-order valence-electron chi connectivity index (χ4n) is 1.25. The van der Waals surface area contributed by atoms with Crippen molar-refractivity contribution >= 4 is 23.2 Å². The molecule has 5 heteroatoms. The van der Waals surface area contributed by atoms with Crippen molar-refractivity contribution in [2.75, 3.05) is 0 Å². The van der Waals surface area contributed by atoms with E-state index in [1.54, 1.807) is 0 Å². The Balaban J connectivity index is 2.46. The molecule has 64 valence electrons. The molecule has 1 fully saturated rings. The van der Waals surface area contributed by atoms with Crippen molar-refractivity contribution in [2.24, 2.45) is 0 Å². The van der Waals surface area contributed by atoms with E-state index in [1.807, 2.05) is 0 Å². The molecule has 1 aliphatic rings. The van der Waals surface area contributed by atoms with Gasteiger partial charge >= 0.3 is 0 Å². The summed E-state index contributed by atoms with van der Waals surface area (Å²) < 4.78 is 0. The topological polar surface area (TPSA) is 43.1 Å². The van der Waals surface area contributed by atoms with E-state index >= 15 is 0 Å². The van der Waals surface area contributed by atoms with Gasteiger partial charge in [0.25, 0.3) is 0 Å². The zero-order valence-electron chi connectivity index (χ0n) is 5.87. The molecule has 0 radical (unpaired) electrons. The van der Waals surface area contributed by atoms with Gasteiger partial charge in [-0.05, 0) is 6.42 Å². The van der Waals surface area contributed by atoms with Gasteiger partial charge in [-0.2, -0.15) is 0 Å². The molecule has 0 spiro atoms. The fourth-order valence-corrected chi connectivity index (χ4v) is 1.81. The van der Waals surface area contributed by atoms with Gasteiger partial charge in [-0.25, -0.2) is 0 Å². The van der Waals surface area contributed by atoms with Crippen molar-refractivity contribution in [3.63, 3.8) is 0 Å². The van der Waals surface area contributed by atoms with Crippen LogP contribution in [0.4, 0.5) is 0 Å². The molecule has 3 atom stereocenters. The van der Waals surface area contributed by atoms with Gasteiger partial charge in [0.1, 0.15) is 0 Å². The lowest BCUT2D eigenvalue weighted by molar-refractivity contribution is -0.525. The summed E-state index contributed by atoms with van der Waals surface area (Å²) in [6.07, 6.45) is 1.62. The Hall–Kier alpha value is -0.0200. The number of nitro groups is 1. The highest BCUT2D eigenvalue weighted by Gasteiger charge is 2.33. The minimum absolute atomic E-state index is 0.0899. The van der Waals surface area contributed by atoms with Crippen molar-refractivity contribution < 1.29 is 4.92 Å². The minimum atomic E-state index is -0.479. The number of hydrogen-bond acceptors (Lipinski definition) is 2. The molecule has 1 saturated carbocycles. The zero-order valence-corrected chi connectivity index (χ0v) is 7.38. The van der Waals surface area contributed by atoms with Crippen LogP contribution in [0.1, 0.15) is 19.3 Å². The van der Waals surface area contributed by atoms with Crippen LogP contribution in [0.15, 0.2) is 0 Å². The van der Waals surface area contributed by atoms with E-state index in [0.717, 1.165) is 0 Å². The lowest BCUT2D eigenvalue weighted by atomic mass is 9.95. The molecule has 1 rings (SSSR count). The van der Waals surface area contributed by atoms with Crippen LogP contribution in [0.3, 0.4) is 0 Å². The van der Waals surface area contributed by atoms with E-state index in [2.05, 4.69) is 0 Å². The second-order valence-electron chi connectivity index (χ2n) is 2.78. The maximum absolute atomic E-state index is 10.3. The van der Waals surface area contributed by atoms with Crippen LogP contribution in [0.2, 0.25) is 0 Å². The first kappa shape index (κ1) is 9.07. The second kappa shape index (κ2) is 3.59. The summed E-state index contributed by atoms with van der Waals surface area (Å²) in [5.41, 5.74) is 0. The predicted octanol–water partition coefficient (Wildman–Crippen LogP) is 2.03. The Bertz CT molecular complexity index is 165. The first-order chi connectivity index (χ1) is 5.11. The highest BCUT2D eigenvalue weighted by atomic mass is 35.5. The average Bonchev–Trinajstić information content (AvgIpc) is 1.94. The second-order valence-corrected chi connectivity index (χ2v) is 3.91. The summed E-state index contributed by atoms with van der Waals surface area (Å²) in [4.78, 5) is 10.0. The van der Waals surface area contributed by atoms with E-state index in [9.17, 15) is 10.1 Å². The van der Waals surface area contributed by atoms with Crippen molar-refractivity contribution in [3.05, 3.63) is 10.1 Å². The molecule has 0 aromatic rings. The molecule has 11 heavy (non-hydrogen) atoms. The molecule has 0 aromatic heterocycles. The first-order valence-electron chi connectivity index (χ1n) is 3.53. The Kier molecular flexibility index (Phi) is 2.96. The maximum atomic E-state index is 10.3. The summed E-state index contributed by atoms with van der Waals surface area (Å²) in [7, 11) is 0. The van der Waals surface area contributed by atoms with Crippen molar-refractivity contribution in [1.29, 1.82) is 0 Å². The van der Waals surface area contributed by atoms with E-state index in [0.29, 0.717) is 19.3 Å². The molecule has 0 bridgehead atoms. The van der Waals surface area contributed by atoms with Crippen LogP contribution in [-0.2, 0) is 0 Å². The smallest absolute Gasteiger partial charge is 0.214 e. The van der Waals surface area contributed by atoms with Crippen LogP contribution in [-0.4, -0.2) is 21.7 Å². The first-order valence-corrected chi connectivity index (χ1v) is 4.40. The largest absolute Gasteiger partial charge is 0.264 e. The molecule has 0 amide bonds. The third-order valence-corrected chi connectivity index (χ3v) is 3.10. The summed E-state index contributed by atoms with van der Waals surface area (Å²) >= 11 is 11.6. The predicted molar refractivity (Wildman–Crippen MR) is 43.9 cm³/mol. The number of hydrogen-bond donors (Lipinski definition) is 0. The third kappa shape index (κ3) is 2.20. The van der Waals surface area contributed by atoms with Gasteiger partial charge in [-0.1, -0.05) is 0 Å². The molecule has 0 heterocycles. The Morgan fingerprint density at radius 3 is 2.36 bits per heavy atom. The molecular weight excluding hydrogens is 189 g/mol. The van der Waals surface area contributed by atoms with E-state index in [-0.39, 0.29) is 15.7 Å². The highest BCUT2D eigenvalue weighted by molar-refractivity contribution is 6.30. The van der Waals surface area contributed by atoms with Crippen molar-refractivity contribution in [3.8, 4) is 0 Å². The number of alkyl halides is 2. The maximum Gasteiger partial charge on any atom is 0.214 e. The average molecular weight is 198 g/mol. The summed E-state index contributed by atoms with van der Waals surface area (Å²) in [6, 6.07) is -0.479. The summed E-state index contributed by atoms with van der Waals surface area (Å²) in [5, 5.41) is 9.99. The van der Waals surface area contributed by atoms with Crippen molar-refractivity contribution in [2.45, 2.75) is 36.1 Å². The van der Waals surface area contributed by atoms with Gasteiger partial charge in [-0.15, -0.1) is 23.2 Å². The van der Waals surface area contributed by atoms with Crippen molar-refractivity contribution in [1.82, 2.24) is 0 Å². The van der Waals surface area contributed by atoms with Gasteiger partial charge in [-0.3, -0.25) is 10.1 Å². The SMILES string of the molecule is O=[N+]([O-])C1CCC(Cl)C(Cl)C1. The number of halogens is 2. The molecule has 0 saturated heterocycles. The van der Waals surface area contributed by atoms with Gasteiger partial charge in [0, 0.05) is 17.8 Å². The lowest BCUT2D eigenvalue weighted by Crippen LogP contribution is -2.33. The van der Waals surface area contributed by atoms with Gasteiger partial charge < -0.3 is 0 Å². The monoisotopic (exact) mass is 197 g/mol.